The van der Waals surface area contributed by atoms with Crippen molar-refractivity contribution in [1.82, 2.24) is 20.6 Å². The third-order valence-corrected chi connectivity index (χ3v) is 4.29. The van der Waals surface area contributed by atoms with Gasteiger partial charge in [-0.05, 0) is 24.3 Å². The van der Waals surface area contributed by atoms with Gasteiger partial charge in [0.1, 0.15) is 17.3 Å². The van der Waals surface area contributed by atoms with E-state index in [4.69, 9.17) is 16.3 Å². The highest BCUT2D eigenvalue weighted by Crippen LogP contribution is 2.20. The Labute approximate surface area is 176 Å². The SMILES string of the molecule is C=C(CCNC(=O)COc1ccc(Cl)c(F)c1)NC(=O)c1cnc2ccccc2n1. The number of hydrogen-bond donors (Lipinski definition) is 2. The molecule has 3 rings (SSSR count). The summed E-state index contributed by atoms with van der Waals surface area (Å²) in [6.45, 7) is 3.72. The maximum absolute atomic E-state index is 13.3. The van der Waals surface area contributed by atoms with Gasteiger partial charge in [0.05, 0.1) is 22.3 Å². The van der Waals surface area contributed by atoms with Crippen molar-refractivity contribution in [3.63, 3.8) is 0 Å². The minimum Gasteiger partial charge on any atom is -0.484 e. The molecule has 0 fully saturated rings. The van der Waals surface area contributed by atoms with Crippen LogP contribution < -0.4 is 15.4 Å². The molecular weight excluding hydrogens is 411 g/mol. The fourth-order valence-electron chi connectivity index (χ4n) is 2.47. The van der Waals surface area contributed by atoms with Gasteiger partial charge in [0.15, 0.2) is 6.61 Å². The van der Waals surface area contributed by atoms with Crippen LogP contribution in [0.1, 0.15) is 16.9 Å². The fourth-order valence-corrected chi connectivity index (χ4v) is 2.59. The number of carbonyl (C=O) groups excluding carboxylic acids is 2. The Morgan fingerprint density at radius 1 is 1.17 bits per heavy atom. The van der Waals surface area contributed by atoms with Crippen LogP contribution in [-0.2, 0) is 4.79 Å². The lowest BCUT2D eigenvalue weighted by molar-refractivity contribution is -0.123. The maximum atomic E-state index is 13.3. The molecule has 2 N–H and O–H groups in total. The first kappa shape index (κ1) is 21.2. The number of halogens is 2. The van der Waals surface area contributed by atoms with E-state index < -0.39 is 17.6 Å². The predicted molar refractivity (Wildman–Crippen MR) is 111 cm³/mol. The molecule has 2 amide bonds. The van der Waals surface area contributed by atoms with Gasteiger partial charge in [-0.25, -0.2) is 9.37 Å². The second-order valence-electron chi connectivity index (χ2n) is 6.27. The van der Waals surface area contributed by atoms with Crippen molar-refractivity contribution in [3.8, 4) is 5.75 Å². The summed E-state index contributed by atoms with van der Waals surface area (Å²) in [5, 5.41) is 5.23. The lowest BCUT2D eigenvalue weighted by Gasteiger charge is -2.10. The van der Waals surface area contributed by atoms with Crippen LogP contribution in [0.5, 0.6) is 5.75 Å². The van der Waals surface area contributed by atoms with Crippen LogP contribution in [0, 0.1) is 5.82 Å². The van der Waals surface area contributed by atoms with Crippen molar-refractivity contribution in [2.24, 2.45) is 0 Å². The van der Waals surface area contributed by atoms with E-state index >= 15 is 0 Å². The number of para-hydroxylation sites is 2. The quantitative estimate of drug-likeness (QED) is 0.574. The summed E-state index contributed by atoms with van der Waals surface area (Å²) < 4.78 is 18.5. The summed E-state index contributed by atoms with van der Waals surface area (Å²) in [4.78, 5) is 32.6. The van der Waals surface area contributed by atoms with E-state index in [1.807, 2.05) is 12.1 Å². The molecule has 7 nitrogen and oxygen atoms in total. The van der Waals surface area contributed by atoms with Gasteiger partial charge in [-0.1, -0.05) is 30.3 Å². The topological polar surface area (TPSA) is 93.2 Å². The second kappa shape index (κ2) is 9.80. The van der Waals surface area contributed by atoms with E-state index in [-0.39, 0.29) is 29.6 Å². The Hall–Kier alpha value is -3.52. The monoisotopic (exact) mass is 428 g/mol. The third-order valence-electron chi connectivity index (χ3n) is 3.98. The first-order chi connectivity index (χ1) is 14.4. The number of rotatable bonds is 8. The number of nitrogens with zero attached hydrogens (tertiary/aromatic N) is 2. The Balaban J connectivity index is 1.40. The molecule has 1 heterocycles. The van der Waals surface area contributed by atoms with Crippen LogP contribution >= 0.6 is 11.6 Å². The number of hydrogen-bond acceptors (Lipinski definition) is 5. The molecule has 0 spiro atoms. The lowest BCUT2D eigenvalue weighted by Crippen LogP contribution is -2.31. The molecule has 0 aliphatic heterocycles. The molecule has 0 unspecified atom stereocenters. The Morgan fingerprint density at radius 2 is 1.93 bits per heavy atom. The normalized spacial score (nSPS) is 10.5. The largest absolute Gasteiger partial charge is 0.484 e. The highest BCUT2D eigenvalue weighted by Gasteiger charge is 2.11. The van der Waals surface area contributed by atoms with Crippen LogP contribution in [0.4, 0.5) is 4.39 Å². The van der Waals surface area contributed by atoms with Crippen LogP contribution in [0.15, 0.2) is 60.9 Å². The van der Waals surface area contributed by atoms with Gasteiger partial charge in [-0.3, -0.25) is 14.6 Å². The van der Waals surface area contributed by atoms with E-state index in [1.54, 1.807) is 12.1 Å². The predicted octanol–water partition coefficient (Wildman–Crippen LogP) is 3.25. The van der Waals surface area contributed by atoms with Crippen molar-refractivity contribution in [1.29, 1.82) is 0 Å². The minimum absolute atomic E-state index is 0.0259. The van der Waals surface area contributed by atoms with Crippen LogP contribution in [0.2, 0.25) is 5.02 Å². The van der Waals surface area contributed by atoms with Crippen molar-refractivity contribution < 1.29 is 18.7 Å². The van der Waals surface area contributed by atoms with Gasteiger partial charge in [0.25, 0.3) is 11.8 Å². The fraction of sp³-hybridized carbons (Fsp3) is 0.143. The molecule has 9 heteroatoms. The maximum Gasteiger partial charge on any atom is 0.275 e. The van der Waals surface area contributed by atoms with E-state index in [9.17, 15) is 14.0 Å². The smallest absolute Gasteiger partial charge is 0.275 e. The van der Waals surface area contributed by atoms with Gasteiger partial charge in [0.2, 0.25) is 0 Å². The zero-order valence-electron chi connectivity index (χ0n) is 15.8. The summed E-state index contributed by atoms with van der Waals surface area (Å²) in [7, 11) is 0. The molecule has 3 aromatic rings. The Kier molecular flexibility index (Phi) is 6.92. The highest BCUT2D eigenvalue weighted by atomic mass is 35.5. The van der Waals surface area contributed by atoms with Crippen molar-refractivity contribution >= 4 is 34.4 Å². The third kappa shape index (κ3) is 5.74. The number of fused-ring (bicyclic) bond motifs is 1. The molecule has 1 aromatic heterocycles. The number of ether oxygens (including phenoxy) is 1. The molecule has 0 saturated carbocycles. The number of aromatic nitrogens is 2. The Bertz CT molecular complexity index is 1110. The molecular formula is C21H18ClFN4O3. The van der Waals surface area contributed by atoms with Crippen molar-refractivity contribution in [2.45, 2.75) is 6.42 Å². The zero-order chi connectivity index (χ0) is 21.5. The molecule has 154 valence electrons. The first-order valence-electron chi connectivity index (χ1n) is 8.98. The van der Waals surface area contributed by atoms with E-state index in [2.05, 4.69) is 27.2 Å². The van der Waals surface area contributed by atoms with Crippen LogP contribution in [0.3, 0.4) is 0 Å². The number of nitrogens with one attached hydrogen (secondary N) is 2. The van der Waals surface area contributed by atoms with Gasteiger partial charge in [-0.2, -0.15) is 0 Å². The van der Waals surface area contributed by atoms with Crippen molar-refractivity contribution in [3.05, 3.63) is 77.5 Å². The van der Waals surface area contributed by atoms with Crippen LogP contribution in [0.25, 0.3) is 11.0 Å². The summed E-state index contributed by atoms with van der Waals surface area (Å²) in [6.07, 6.45) is 1.71. The van der Waals surface area contributed by atoms with E-state index in [0.29, 0.717) is 23.2 Å². The van der Waals surface area contributed by atoms with E-state index in [1.165, 1.54) is 18.3 Å². The summed E-state index contributed by atoms with van der Waals surface area (Å²) >= 11 is 5.59. The van der Waals surface area contributed by atoms with Gasteiger partial charge in [-0.15, -0.1) is 0 Å². The summed E-state index contributed by atoms with van der Waals surface area (Å²) in [6, 6.07) is 11.1. The average molecular weight is 429 g/mol. The zero-order valence-corrected chi connectivity index (χ0v) is 16.6. The molecule has 0 atom stereocenters. The van der Waals surface area contributed by atoms with Crippen molar-refractivity contribution in [2.75, 3.05) is 13.2 Å². The molecule has 30 heavy (non-hydrogen) atoms. The van der Waals surface area contributed by atoms with Gasteiger partial charge < -0.3 is 15.4 Å². The molecule has 2 aromatic carbocycles. The van der Waals surface area contributed by atoms with Gasteiger partial charge in [0, 0.05) is 24.7 Å². The standard InChI is InChI=1S/C21H18ClFN4O3/c1-13(26-21(29)19-11-25-17-4-2-3-5-18(17)27-19)8-9-24-20(28)12-30-14-6-7-15(22)16(23)10-14/h2-7,10-11H,1,8-9,12H2,(H,24,28)(H,26,29). The second-order valence-corrected chi connectivity index (χ2v) is 6.67. The summed E-state index contributed by atoms with van der Waals surface area (Å²) in [5.74, 6) is -1.26. The molecule has 0 radical (unpaired) electrons. The molecule has 0 bridgehead atoms. The molecule has 0 saturated heterocycles. The first-order valence-corrected chi connectivity index (χ1v) is 9.35. The number of amides is 2. The lowest BCUT2D eigenvalue weighted by atomic mass is 10.2. The number of benzene rings is 2. The Morgan fingerprint density at radius 3 is 2.70 bits per heavy atom. The highest BCUT2D eigenvalue weighted by molar-refractivity contribution is 6.30. The number of carbonyl (C=O) groups is 2. The van der Waals surface area contributed by atoms with E-state index in [0.717, 1.165) is 6.07 Å². The summed E-state index contributed by atoms with van der Waals surface area (Å²) in [5.41, 5.74) is 1.89. The van der Waals surface area contributed by atoms with Crippen LogP contribution in [-0.4, -0.2) is 34.9 Å². The minimum atomic E-state index is -0.627. The molecule has 0 aliphatic rings. The molecule has 0 aliphatic carbocycles. The average Bonchev–Trinajstić information content (AvgIpc) is 2.74. The van der Waals surface area contributed by atoms with Gasteiger partial charge >= 0.3 is 0 Å².